The van der Waals surface area contributed by atoms with E-state index in [9.17, 15) is 0 Å². The fourth-order valence-corrected chi connectivity index (χ4v) is 8.16. The summed E-state index contributed by atoms with van der Waals surface area (Å²) in [6, 6.07) is 56.9. The zero-order valence-corrected chi connectivity index (χ0v) is 25.8. The van der Waals surface area contributed by atoms with E-state index in [1.54, 1.807) is 0 Å². The Morgan fingerprint density at radius 1 is 0.292 bits per heavy atom. The molecule has 0 saturated heterocycles. The topological polar surface area (TPSA) is 26.3 Å². The number of furan rings is 2. The van der Waals surface area contributed by atoms with E-state index in [4.69, 9.17) is 8.83 Å². The molecule has 11 aromatic rings. The lowest BCUT2D eigenvalue weighted by atomic mass is 9.83. The first-order valence-corrected chi connectivity index (χ1v) is 16.4. The molecule has 0 N–H and O–H groups in total. The molecule has 0 atom stereocenters. The minimum Gasteiger partial charge on any atom is -0.452 e. The van der Waals surface area contributed by atoms with Crippen LogP contribution in [0.3, 0.4) is 0 Å². The van der Waals surface area contributed by atoms with Crippen molar-refractivity contribution in [3.63, 3.8) is 0 Å². The molecular formula is C46H26O2. The highest BCUT2D eigenvalue weighted by Gasteiger charge is 2.21. The van der Waals surface area contributed by atoms with Crippen molar-refractivity contribution >= 4 is 87.0 Å². The highest BCUT2D eigenvalue weighted by Crippen LogP contribution is 2.47. The van der Waals surface area contributed by atoms with Crippen LogP contribution in [0.25, 0.3) is 109 Å². The van der Waals surface area contributed by atoms with Gasteiger partial charge < -0.3 is 8.83 Å². The van der Waals surface area contributed by atoms with Gasteiger partial charge in [-0.05, 0) is 102 Å². The lowest BCUT2D eigenvalue weighted by Crippen LogP contribution is -1.92. The van der Waals surface area contributed by atoms with Gasteiger partial charge in [0.2, 0.25) is 0 Å². The molecule has 2 heterocycles. The van der Waals surface area contributed by atoms with Gasteiger partial charge in [0.1, 0.15) is 11.2 Å². The number of hydrogen-bond donors (Lipinski definition) is 0. The fraction of sp³-hybridized carbons (Fsp3) is 0. The summed E-state index contributed by atoms with van der Waals surface area (Å²) in [5.41, 5.74) is 8.25. The van der Waals surface area contributed by atoms with Gasteiger partial charge in [0.15, 0.2) is 11.2 Å². The maximum absolute atomic E-state index is 6.52. The lowest BCUT2D eigenvalue weighted by Gasteiger charge is -2.19. The zero-order chi connectivity index (χ0) is 31.3. The van der Waals surface area contributed by atoms with Crippen LogP contribution >= 0.6 is 0 Å². The van der Waals surface area contributed by atoms with Crippen LogP contribution in [-0.2, 0) is 0 Å². The third kappa shape index (κ3) is 3.46. The Bertz CT molecular complexity index is 3060. The van der Waals surface area contributed by atoms with E-state index in [1.165, 1.54) is 59.8 Å². The molecular weight excluding hydrogens is 585 g/mol. The van der Waals surface area contributed by atoms with E-state index >= 15 is 0 Å². The molecule has 0 aliphatic carbocycles. The van der Waals surface area contributed by atoms with Crippen molar-refractivity contribution in [1.29, 1.82) is 0 Å². The number of hydrogen-bond acceptors (Lipinski definition) is 2. The summed E-state index contributed by atoms with van der Waals surface area (Å²) >= 11 is 0. The highest BCUT2D eigenvalue weighted by molar-refractivity contribution is 6.26. The maximum atomic E-state index is 6.52. The summed E-state index contributed by atoms with van der Waals surface area (Å²) in [6.07, 6.45) is 0. The van der Waals surface area contributed by atoms with Gasteiger partial charge in [-0.3, -0.25) is 0 Å². The van der Waals surface area contributed by atoms with Gasteiger partial charge in [-0.15, -0.1) is 0 Å². The molecule has 2 aromatic heterocycles. The summed E-state index contributed by atoms with van der Waals surface area (Å²) in [7, 11) is 0. The molecule has 2 heteroatoms. The average molecular weight is 611 g/mol. The Balaban J connectivity index is 1.22. The van der Waals surface area contributed by atoms with E-state index in [2.05, 4.69) is 146 Å². The van der Waals surface area contributed by atoms with Crippen molar-refractivity contribution in [2.45, 2.75) is 0 Å². The number of para-hydroxylation sites is 1. The third-order valence-electron chi connectivity index (χ3n) is 10.2. The zero-order valence-electron chi connectivity index (χ0n) is 25.8. The minimum absolute atomic E-state index is 0.795. The molecule has 0 saturated carbocycles. The Hall–Kier alpha value is -6.38. The predicted octanol–water partition coefficient (Wildman–Crippen LogP) is 13.4. The van der Waals surface area contributed by atoms with Crippen LogP contribution in [-0.4, -0.2) is 0 Å². The van der Waals surface area contributed by atoms with E-state index in [1.807, 2.05) is 12.1 Å². The molecule has 2 nitrogen and oxygen atoms in total. The van der Waals surface area contributed by atoms with Crippen molar-refractivity contribution < 1.29 is 8.83 Å². The minimum atomic E-state index is 0.795. The normalized spacial score (nSPS) is 12.2. The highest BCUT2D eigenvalue weighted by atomic mass is 16.4. The average Bonchev–Trinajstić information content (AvgIpc) is 3.72. The summed E-state index contributed by atoms with van der Waals surface area (Å²) in [4.78, 5) is 0. The van der Waals surface area contributed by atoms with Crippen molar-refractivity contribution in [3.05, 3.63) is 158 Å². The molecule has 0 fully saturated rings. The maximum Gasteiger partial charge on any atom is 0.178 e. The quantitative estimate of drug-likeness (QED) is 0.144. The molecule has 0 amide bonds. The van der Waals surface area contributed by atoms with E-state index in [0.29, 0.717) is 0 Å². The van der Waals surface area contributed by atoms with Crippen molar-refractivity contribution in [3.8, 4) is 22.3 Å². The standard InChI is InChI=1S/C46H26O2/c1-2-12-29-27(11-1)25-40(31-14-4-3-13-30(29)31)44-35-18-7-5-16-33(35)43(34-17-6-8-19-36(34)44)28-21-24-42-39(26-28)38-23-22-37-32-15-9-10-20-41(32)47-45(37)46(38)48-42/h1-26H. The molecule has 0 radical (unpaired) electrons. The monoisotopic (exact) mass is 610 g/mol. The largest absolute Gasteiger partial charge is 0.452 e. The molecule has 0 unspecified atom stereocenters. The molecule has 222 valence electrons. The molecule has 9 aromatic carbocycles. The van der Waals surface area contributed by atoms with Crippen LogP contribution in [0.1, 0.15) is 0 Å². The van der Waals surface area contributed by atoms with Crippen LogP contribution in [0.2, 0.25) is 0 Å². The van der Waals surface area contributed by atoms with E-state index < -0.39 is 0 Å². The Morgan fingerprint density at radius 3 is 1.48 bits per heavy atom. The second-order valence-corrected chi connectivity index (χ2v) is 12.8. The van der Waals surface area contributed by atoms with Gasteiger partial charge in [-0.1, -0.05) is 121 Å². The first kappa shape index (κ1) is 25.8. The predicted molar refractivity (Wildman–Crippen MR) is 202 cm³/mol. The van der Waals surface area contributed by atoms with Crippen LogP contribution in [0.15, 0.2) is 167 Å². The first-order valence-electron chi connectivity index (χ1n) is 16.4. The molecule has 11 rings (SSSR count). The van der Waals surface area contributed by atoms with Crippen molar-refractivity contribution in [2.24, 2.45) is 0 Å². The van der Waals surface area contributed by atoms with Gasteiger partial charge >= 0.3 is 0 Å². The van der Waals surface area contributed by atoms with Gasteiger partial charge in [0.25, 0.3) is 0 Å². The molecule has 0 spiro atoms. The van der Waals surface area contributed by atoms with Gasteiger partial charge in [0.05, 0.1) is 0 Å². The Labute approximate surface area is 275 Å². The molecule has 48 heavy (non-hydrogen) atoms. The molecule has 0 aliphatic rings. The van der Waals surface area contributed by atoms with E-state index in [-0.39, 0.29) is 0 Å². The lowest BCUT2D eigenvalue weighted by molar-refractivity contribution is 0.633. The molecule has 0 aliphatic heterocycles. The summed E-state index contributed by atoms with van der Waals surface area (Å²) in [6.45, 7) is 0. The fourth-order valence-electron chi connectivity index (χ4n) is 8.16. The van der Waals surface area contributed by atoms with E-state index in [0.717, 1.165) is 49.4 Å². The first-order chi connectivity index (χ1) is 23.8. The van der Waals surface area contributed by atoms with Crippen LogP contribution in [0.4, 0.5) is 0 Å². The SMILES string of the molecule is c1ccc2c(c1)cc(-c1c3ccccc3c(-c3ccc4oc5c(ccc6c7ccccc7oc65)c4c3)c3ccccc13)c1ccccc12. The van der Waals surface area contributed by atoms with Gasteiger partial charge in [0, 0.05) is 21.5 Å². The number of benzene rings is 9. The third-order valence-corrected chi connectivity index (χ3v) is 10.2. The van der Waals surface area contributed by atoms with Crippen molar-refractivity contribution in [2.75, 3.05) is 0 Å². The second-order valence-electron chi connectivity index (χ2n) is 12.8. The van der Waals surface area contributed by atoms with Crippen molar-refractivity contribution in [1.82, 2.24) is 0 Å². The smallest absolute Gasteiger partial charge is 0.178 e. The summed E-state index contributed by atoms with van der Waals surface area (Å²) in [5.74, 6) is 0. The number of fused-ring (bicyclic) bond motifs is 12. The van der Waals surface area contributed by atoms with Crippen LogP contribution < -0.4 is 0 Å². The Kier molecular flexibility index (Phi) is 5.14. The van der Waals surface area contributed by atoms with Gasteiger partial charge in [-0.2, -0.15) is 0 Å². The number of rotatable bonds is 2. The summed E-state index contributed by atoms with van der Waals surface area (Å²) in [5, 5.41) is 14.3. The Morgan fingerprint density at radius 2 is 0.792 bits per heavy atom. The second kappa shape index (κ2) is 9.57. The van der Waals surface area contributed by atoms with Crippen LogP contribution in [0, 0.1) is 0 Å². The molecule has 0 bridgehead atoms. The summed E-state index contributed by atoms with van der Waals surface area (Å²) < 4.78 is 12.9. The van der Waals surface area contributed by atoms with Gasteiger partial charge in [-0.25, -0.2) is 0 Å². The van der Waals surface area contributed by atoms with Crippen LogP contribution in [0.5, 0.6) is 0 Å².